The number of sulfonamides is 1. The van der Waals surface area contributed by atoms with E-state index in [1.165, 1.54) is 15.6 Å². The van der Waals surface area contributed by atoms with Crippen molar-refractivity contribution in [3.63, 3.8) is 0 Å². The molecule has 0 unspecified atom stereocenters. The average Bonchev–Trinajstić information content (AvgIpc) is 2.92. The molecule has 118 valence electrons. The molecule has 0 radical (unpaired) electrons. The van der Waals surface area contributed by atoms with Crippen LogP contribution in [0.3, 0.4) is 0 Å². The van der Waals surface area contributed by atoms with Crippen LogP contribution in [0.15, 0.2) is 16.3 Å². The van der Waals surface area contributed by atoms with E-state index in [4.69, 9.17) is 0 Å². The van der Waals surface area contributed by atoms with Crippen molar-refractivity contribution in [2.45, 2.75) is 37.3 Å². The van der Waals surface area contributed by atoms with E-state index in [9.17, 15) is 13.2 Å². The largest absolute Gasteiger partial charge is 0.356 e. The Morgan fingerprint density at radius 2 is 2.05 bits per heavy atom. The second kappa shape index (κ2) is 6.89. The topological polar surface area (TPSA) is 66.5 Å². The molecule has 1 aromatic rings. The molecule has 0 aromatic carbocycles. The molecule has 0 spiro atoms. The van der Waals surface area contributed by atoms with E-state index in [-0.39, 0.29) is 11.8 Å². The summed E-state index contributed by atoms with van der Waals surface area (Å²) < 4.78 is 26.9. The number of aryl methyl sites for hydroxylation is 1. The normalized spacial score (nSPS) is 17.8. The van der Waals surface area contributed by atoms with Crippen LogP contribution in [0.25, 0.3) is 0 Å². The molecular weight excluding hydrogens is 308 g/mol. The van der Waals surface area contributed by atoms with Gasteiger partial charge in [0.2, 0.25) is 5.91 Å². The first kappa shape index (κ1) is 16.5. The van der Waals surface area contributed by atoms with Crippen LogP contribution in [0.5, 0.6) is 0 Å². The second-order valence-electron chi connectivity index (χ2n) is 5.33. The Kier molecular flexibility index (Phi) is 5.40. The Hall–Kier alpha value is -0.920. The molecule has 1 aliphatic heterocycles. The highest BCUT2D eigenvalue weighted by atomic mass is 32.2. The molecule has 0 aliphatic carbocycles. The summed E-state index contributed by atoms with van der Waals surface area (Å²) in [6.07, 6.45) is 2.11. The fraction of sp³-hybridized carbons (Fsp3) is 0.643. The maximum absolute atomic E-state index is 12.5. The van der Waals surface area contributed by atoms with E-state index in [1.54, 1.807) is 6.07 Å². The zero-order valence-electron chi connectivity index (χ0n) is 12.5. The Bertz CT molecular complexity index is 587. The van der Waals surface area contributed by atoms with Crippen LogP contribution in [-0.4, -0.2) is 38.3 Å². The number of thiophene rings is 1. The molecule has 7 heteroatoms. The van der Waals surface area contributed by atoms with Gasteiger partial charge in [0, 0.05) is 30.4 Å². The SMILES string of the molecule is CCCNC(=O)C1CCN(S(=O)(=O)c2ccc(C)s2)CC1. The summed E-state index contributed by atoms with van der Waals surface area (Å²) in [5, 5.41) is 2.89. The number of hydrogen-bond acceptors (Lipinski definition) is 4. The lowest BCUT2D eigenvalue weighted by Crippen LogP contribution is -2.42. The number of rotatable bonds is 5. The van der Waals surface area contributed by atoms with Gasteiger partial charge in [-0.25, -0.2) is 8.42 Å². The molecular formula is C14H22N2O3S2. The molecule has 21 heavy (non-hydrogen) atoms. The highest BCUT2D eigenvalue weighted by Crippen LogP contribution is 2.28. The molecule has 1 N–H and O–H groups in total. The Morgan fingerprint density at radius 3 is 2.57 bits per heavy atom. The lowest BCUT2D eigenvalue weighted by Gasteiger charge is -2.30. The van der Waals surface area contributed by atoms with Gasteiger partial charge in [-0.15, -0.1) is 11.3 Å². The Morgan fingerprint density at radius 1 is 1.38 bits per heavy atom. The molecule has 2 rings (SSSR count). The van der Waals surface area contributed by atoms with Crippen molar-refractivity contribution >= 4 is 27.3 Å². The number of piperidine rings is 1. The third-order valence-corrected chi connectivity index (χ3v) is 7.05. The predicted molar refractivity (Wildman–Crippen MR) is 83.8 cm³/mol. The van der Waals surface area contributed by atoms with Crippen molar-refractivity contribution in [1.29, 1.82) is 0 Å². The van der Waals surface area contributed by atoms with Crippen molar-refractivity contribution in [1.82, 2.24) is 9.62 Å². The molecule has 0 bridgehead atoms. The van der Waals surface area contributed by atoms with Gasteiger partial charge in [0.05, 0.1) is 0 Å². The van der Waals surface area contributed by atoms with Gasteiger partial charge in [0.15, 0.2) is 0 Å². The first-order chi connectivity index (χ1) is 9.95. The molecule has 1 fully saturated rings. The standard InChI is InChI=1S/C14H22N2O3S2/c1-3-8-15-14(17)12-6-9-16(10-7-12)21(18,19)13-5-4-11(2)20-13/h4-5,12H,3,6-10H2,1-2H3,(H,15,17). The fourth-order valence-electron chi connectivity index (χ4n) is 2.43. The van der Waals surface area contributed by atoms with E-state index >= 15 is 0 Å². The van der Waals surface area contributed by atoms with Gasteiger partial charge in [-0.3, -0.25) is 4.79 Å². The van der Waals surface area contributed by atoms with Crippen molar-refractivity contribution in [3.05, 3.63) is 17.0 Å². The summed E-state index contributed by atoms with van der Waals surface area (Å²) in [5.74, 6) is -0.00561. The van der Waals surface area contributed by atoms with Crippen molar-refractivity contribution in [3.8, 4) is 0 Å². The minimum atomic E-state index is -3.39. The molecule has 0 saturated carbocycles. The van der Waals surface area contributed by atoms with Gasteiger partial charge in [-0.05, 0) is 38.3 Å². The number of nitrogens with one attached hydrogen (secondary N) is 1. The highest BCUT2D eigenvalue weighted by molar-refractivity contribution is 7.91. The lowest BCUT2D eigenvalue weighted by atomic mass is 9.97. The van der Waals surface area contributed by atoms with E-state index < -0.39 is 10.0 Å². The first-order valence-corrected chi connectivity index (χ1v) is 9.55. The van der Waals surface area contributed by atoms with Crippen molar-refractivity contribution in [2.24, 2.45) is 5.92 Å². The second-order valence-corrected chi connectivity index (χ2v) is 8.79. The molecule has 0 atom stereocenters. The monoisotopic (exact) mass is 330 g/mol. The predicted octanol–water partition coefficient (Wildman–Crippen LogP) is 1.98. The number of hydrogen-bond donors (Lipinski definition) is 1. The van der Waals surface area contributed by atoms with Gasteiger partial charge in [-0.1, -0.05) is 6.92 Å². The minimum absolute atomic E-state index is 0.0564. The summed E-state index contributed by atoms with van der Waals surface area (Å²) in [7, 11) is -3.39. The fourth-order valence-corrected chi connectivity index (χ4v) is 5.34. The summed E-state index contributed by atoms with van der Waals surface area (Å²) in [5.41, 5.74) is 0. The van der Waals surface area contributed by atoms with Crippen LogP contribution in [0.1, 0.15) is 31.1 Å². The number of carbonyl (C=O) groups is 1. The van der Waals surface area contributed by atoms with Crippen molar-refractivity contribution < 1.29 is 13.2 Å². The summed E-state index contributed by atoms with van der Waals surface area (Å²) in [6.45, 7) is 5.44. The Labute approximate surface area is 130 Å². The van der Waals surface area contributed by atoms with Gasteiger partial charge >= 0.3 is 0 Å². The van der Waals surface area contributed by atoms with Gasteiger partial charge in [0.25, 0.3) is 10.0 Å². The van der Waals surface area contributed by atoms with Crippen molar-refractivity contribution in [2.75, 3.05) is 19.6 Å². The maximum Gasteiger partial charge on any atom is 0.252 e. The summed E-state index contributed by atoms with van der Waals surface area (Å²) in [6, 6.07) is 3.48. The maximum atomic E-state index is 12.5. The molecule has 1 aliphatic rings. The molecule has 5 nitrogen and oxygen atoms in total. The zero-order chi connectivity index (χ0) is 15.5. The smallest absolute Gasteiger partial charge is 0.252 e. The first-order valence-electron chi connectivity index (χ1n) is 7.29. The third-order valence-electron chi connectivity index (χ3n) is 3.68. The molecule has 1 amide bonds. The number of nitrogens with zero attached hydrogens (tertiary/aromatic N) is 1. The minimum Gasteiger partial charge on any atom is -0.356 e. The highest BCUT2D eigenvalue weighted by Gasteiger charge is 2.32. The molecule has 2 heterocycles. The van der Waals surface area contributed by atoms with Crippen LogP contribution in [0.4, 0.5) is 0 Å². The van der Waals surface area contributed by atoms with Gasteiger partial charge < -0.3 is 5.32 Å². The quantitative estimate of drug-likeness (QED) is 0.898. The average molecular weight is 330 g/mol. The van der Waals surface area contributed by atoms with E-state index in [0.29, 0.717) is 36.7 Å². The third kappa shape index (κ3) is 3.84. The van der Waals surface area contributed by atoms with Crippen LogP contribution < -0.4 is 5.32 Å². The van der Waals surface area contributed by atoms with Crippen LogP contribution in [0.2, 0.25) is 0 Å². The molecule has 1 saturated heterocycles. The zero-order valence-corrected chi connectivity index (χ0v) is 14.1. The molecule has 1 aromatic heterocycles. The van der Waals surface area contributed by atoms with E-state index in [0.717, 1.165) is 11.3 Å². The van der Waals surface area contributed by atoms with Crippen LogP contribution >= 0.6 is 11.3 Å². The van der Waals surface area contributed by atoms with E-state index in [2.05, 4.69) is 5.32 Å². The van der Waals surface area contributed by atoms with Crippen LogP contribution in [-0.2, 0) is 14.8 Å². The van der Waals surface area contributed by atoms with Gasteiger partial charge in [-0.2, -0.15) is 4.31 Å². The van der Waals surface area contributed by atoms with Gasteiger partial charge in [0.1, 0.15) is 4.21 Å². The Balaban J connectivity index is 1.96. The lowest BCUT2D eigenvalue weighted by molar-refractivity contribution is -0.126. The van der Waals surface area contributed by atoms with E-state index in [1.807, 2.05) is 19.9 Å². The summed E-state index contributed by atoms with van der Waals surface area (Å²) in [4.78, 5) is 12.9. The summed E-state index contributed by atoms with van der Waals surface area (Å²) >= 11 is 1.30. The van der Waals surface area contributed by atoms with Crippen LogP contribution in [0, 0.1) is 12.8 Å². The number of amides is 1. The number of carbonyl (C=O) groups excluding carboxylic acids is 1.